The summed E-state index contributed by atoms with van der Waals surface area (Å²) < 4.78 is 0. The van der Waals surface area contributed by atoms with Gasteiger partial charge in [0, 0.05) is 19.2 Å². The van der Waals surface area contributed by atoms with Crippen molar-refractivity contribution in [3.05, 3.63) is 41.5 Å². The van der Waals surface area contributed by atoms with Crippen molar-refractivity contribution in [2.75, 3.05) is 13.1 Å². The molecule has 2 rings (SSSR count). The molecule has 1 aromatic carbocycles. The first-order valence-electron chi connectivity index (χ1n) is 6.79. The molecule has 0 atom stereocenters. The average molecular weight is 243 g/mol. The van der Waals surface area contributed by atoms with Crippen LogP contribution in [0.1, 0.15) is 36.8 Å². The van der Waals surface area contributed by atoms with Crippen LogP contribution in [0.3, 0.4) is 0 Å². The maximum absolute atomic E-state index is 12.0. The van der Waals surface area contributed by atoms with Gasteiger partial charge in [-0.05, 0) is 31.4 Å². The van der Waals surface area contributed by atoms with Crippen LogP contribution in [-0.4, -0.2) is 23.9 Å². The SMILES string of the molecule is Cc1ccc(/C=C/C(=O)N2CCCCCC2)cc1. The first kappa shape index (κ1) is 12.9. The van der Waals surface area contributed by atoms with E-state index in [1.54, 1.807) is 6.08 Å². The largest absolute Gasteiger partial charge is 0.339 e. The van der Waals surface area contributed by atoms with Crippen molar-refractivity contribution < 1.29 is 4.79 Å². The molecule has 2 nitrogen and oxygen atoms in total. The number of aryl methyl sites for hydroxylation is 1. The Bertz CT molecular complexity index is 411. The Labute approximate surface area is 109 Å². The number of carbonyl (C=O) groups excluding carboxylic acids is 1. The third kappa shape index (κ3) is 3.73. The summed E-state index contributed by atoms with van der Waals surface area (Å²) in [5.74, 6) is 0.150. The lowest BCUT2D eigenvalue weighted by Crippen LogP contribution is -2.30. The highest BCUT2D eigenvalue weighted by molar-refractivity contribution is 5.91. The Morgan fingerprint density at radius 1 is 1.06 bits per heavy atom. The van der Waals surface area contributed by atoms with Crippen molar-refractivity contribution in [3.63, 3.8) is 0 Å². The number of benzene rings is 1. The van der Waals surface area contributed by atoms with E-state index < -0.39 is 0 Å². The Balaban J connectivity index is 1.95. The predicted molar refractivity (Wildman–Crippen MR) is 75.3 cm³/mol. The monoisotopic (exact) mass is 243 g/mol. The summed E-state index contributed by atoms with van der Waals surface area (Å²) in [6.07, 6.45) is 8.41. The number of amides is 1. The molecule has 0 bridgehead atoms. The fourth-order valence-corrected chi connectivity index (χ4v) is 2.24. The summed E-state index contributed by atoms with van der Waals surface area (Å²) >= 11 is 0. The lowest BCUT2D eigenvalue weighted by molar-refractivity contribution is -0.125. The van der Waals surface area contributed by atoms with Crippen LogP contribution in [0.2, 0.25) is 0 Å². The molecule has 0 saturated carbocycles. The van der Waals surface area contributed by atoms with Gasteiger partial charge in [0.15, 0.2) is 0 Å². The summed E-state index contributed by atoms with van der Waals surface area (Å²) in [4.78, 5) is 14.0. The number of carbonyl (C=O) groups is 1. The lowest BCUT2D eigenvalue weighted by atomic mass is 10.1. The molecule has 0 N–H and O–H groups in total. The van der Waals surface area contributed by atoms with Crippen molar-refractivity contribution in [1.29, 1.82) is 0 Å². The number of likely N-dealkylation sites (tertiary alicyclic amines) is 1. The van der Waals surface area contributed by atoms with Crippen LogP contribution >= 0.6 is 0 Å². The van der Waals surface area contributed by atoms with Crippen LogP contribution in [-0.2, 0) is 4.79 Å². The molecule has 1 heterocycles. The maximum atomic E-state index is 12.0. The molecule has 1 aliphatic heterocycles. The van der Waals surface area contributed by atoms with Crippen molar-refractivity contribution in [1.82, 2.24) is 4.90 Å². The van der Waals surface area contributed by atoms with E-state index in [1.807, 2.05) is 23.1 Å². The summed E-state index contributed by atoms with van der Waals surface area (Å²) in [5, 5.41) is 0. The van der Waals surface area contributed by atoms with E-state index in [9.17, 15) is 4.79 Å². The summed E-state index contributed by atoms with van der Waals surface area (Å²) in [7, 11) is 0. The Hall–Kier alpha value is -1.57. The Morgan fingerprint density at radius 3 is 2.28 bits per heavy atom. The van der Waals surface area contributed by atoms with Crippen molar-refractivity contribution in [2.24, 2.45) is 0 Å². The molecule has 1 saturated heterocycles. The van der Waals surface area contributed by atoms with Crippen molar-refractivity contribution in [2.45, 2.75) is 32.6 Å². The van der Waals surface area contributed by atoms with Gasteiger partial charge in [-0.25, -0.2) is 0 Å². The molecule has 18 heavy (non-hydrogen) atoms. The van der Waals surface area contributed by atoms with Crippen LogP contribution in [0, 0.1) is 6.92 Å². The standard InChI is InChI=1S/C16H21NO/c1-14-6-8-15(9-7-14)10-11-16(18)17-12-4-2-3-5-13-17/h6-11H,2-5,12-13H2,1H3/b11-10+. The fraction of sp³-hybridized carbons (Fsp3) is 0.438. The minimum absolute atomic E-state index is 0.150. The van der Waals surface area contributed by atoms with Crippen LogP contribution < -0.4 is 0 Å². The van der Waals surface area contributed by atoms with E-state index >= 15 is 0 Å². The molecule has 1 fully saturated rings. The molecule has 0 aliphatic carbocycles. The quantitative estimate of drug-likeness (QED) is 0.729. The predicted octanol–water partition coefficient (Wildman–Crippen LogP) is 3.41. The number of nitrogens with zero attached hydrogens (tertiary/aromatic N) is 1. The molecule has 1 aliphatic rings. The lowest BCUT2D eigenvalue weighted by Gasteiger charge is -2.17. The number of hydrogen-bond acceptors (Lipinski definition) is 1. The Morgan fingerprint density at radius 2 is 1.67 bits per heavy atom. The molecule has 1 aromatic rings. The van der Waals surface area contributed by atoms with Gasteiger partial charge < -0.3 is 4.90 Å². The van der Waals surface area contributed by atoms with Crippen LogP contribution in [0.4, 0.5) is 0 Å². The molecule has 0 unspecified atom stereocenters. The average Bonchev–Trinajstić information content (AvgIpc) is 2.66. The third-order valence-electron chi connectivity index (χ3n) is 3.41. The van der Waals surface area contributed by atoms with E-state index in [2.05, 4.69) is 19.1 Å². The second-order valence-electron chi connectivity index (χ2n) is 4.98. The highest BCUT2D eigenvalue weighted by atomic mass is 16.2. The van der Waals surface area contributed by atoms with Gasteiger partial charge in [-0.3, -0.25) is 4.79 Å². The van der Waals surface area contributed by atoms with E-state index in [4.69, 9.17) is 0 Å². The molecule has 1 amide bonds. The smallest absolute Gasteiger partial charge is 0.246 e. The summed E-state index contributed by atoms with van der Waals surface area (Å²) in [6, 6.07) is 8.22. The maximum Gasteiger partial charge on any atom is 0.246 e. The Kier molecular flexibility index (Phi) is 4.57. The van der Waals surface area contributed by atoms with Gasteiger partial charge >= 0.3 is 0 Å². The van der Waals surface area contributed by atoms with E-state index in [-0.39, 0.29) is 5.91 Å². The van der Waals surface area contributed by atoms with Crippen molar-refractivity contribution >= 4 is 12.0 Å². The molecule has 2 heteroatoms. The molecular weight excluding hydrogens is 222 g/mol. The second-order valence-corrected chi connectivity index (χ2v) is 4.98. The van der Waals surface area contributed by atoms with E-state index in [0.717, 1.165) is 31.5 Å². The first-order valence-corrected chi connectivity index (χ1v) is 6.79. The van der Waals surface area contributed by atoms with Crippen LogP contribution in [0.5, 0.6) is 0 Å². The van der Waals surface area contributed by atoms with Crippen molar-refractivity contribution in [3.8, 4) is 0 Å². The van der Waals surface area contributed by atoms with Crippen LogP contribution in [0.15, 0.2) is 30.3 Å². The van der Waals surface area contributed by atoms with E-state index in [0.29, 0.717) is 0 Å². The first-order chi connectivity index (χ1) is 8.75. The number of rotatable bonds is 2. The fourth-order valence-electron chi connectivity index (χ4n) is 2.24. The van der Waals surface area contributed by atoms with E-state index in [1.165, 1.54) is 18.4 Å². The van der Waals surface area contributed by atoms with Gasteiger partial charge in [0.1, 0.15) is 0 Å². The summed E-state index contributed by atoms with van der Waals surface area (Å²) in [5.41, 5.74) is 2.33. The molecule has 0 spiro atoms. The minimum Gasteiger partial charge on any atom is -0.339 e. The van der Waals surface area contributed by atoms with Gasteiger partial charge in [0.2, 0.25) is 5.91 Å². The van der Waals surface area contributed by atoms with Crippen LogP contribution in [0.25, 0.3) is 6.08 Å². The summed E-state index contributed by atoms with van der Waals surface area (Å²) in [6.45, 7) is 3.89. The van der Waals surface area contributed by atoms with Gasteiger partial charge in [0.05, 0.1) is 0 Å². The minimum atomic E-state index is 0.150. The van der Waals surface area contributed by atoms with Gasteiger partial charge in [0.25, 0.3) is 0 Å². The normalized spacial score (nSPS) is 16.8. The highest BCUT2D eigenvalue weighted by Gasteiger charge is 2.12. The zero-order valence-electron chi connectivity index (χ0n) is 11.1. The second kappa shape index (κ2) is 6.39. The molecule has 96 valence electrons. The van der Waals surface area contributed by atoms with Gasteiger partial charge in [-0.2, -0.15) is 0 Å². The number of hydrogen-bond donors (Lipinski definition) is 0. The molecular formula is C16H21NO. The zero-order chi connectivity index (χ0) is 12.8. The third-order valence-corrected chi connectivity index (χ3v) is 3.41. The van der Waals surface area contributed by atoms with Gasteiger partial charge in [-0.1, -0.05) is 42.7 Å². The highest BCUT2D eigenvalue weighted by Crippen LogP contribution is 2.11. The van der Waals surface area contributed by atoms with Gasteiger partial charge in [-0.15, -0.1) is 0 Å². The molecule has 0 radical (unpaired) electrons. The zero-order valence-corrected chi connectivity index (χ0v) is 11.1. The molecule has 0 aromatic heterocycles. The topological polar surface area (TPSA) is 20.3 Å².